The summed E-state index contributed by atoms with van der Waals surface area (Å²) in [6.07, 6.45) is 10.1. The summed E-state index contributed by atoms with van der Waals surface area (Å²) in [4.78, 5) is 27.1. The maximum absolute atomic E-state index is 12.5. The Morgan fingerprint density at radius 3 is 2.80 bits per heavy atom. The van der Waals surface area contributed by atoms with Crippen LogP contribution in [-0.2, 0) is 0 Å². The predicted octanol–water partition coefficient (Wildman–Crippen LogP) is 1.58. The van der Waals surface area contributed by atoms with Gasteiger partial charge in [-0.2, -0.15) is 5.10 Å². The highest BCUT2D eigenvalue weighted by molar-refractivity contribution is 5.92. The molecule has 25 heavy (non-hydrogen) atoms. The van der Waals surface area contributed by atoms with E-state index in [0.29, 0.717) is 24.7 Å². The normalized spacial score (nSPS) is 15.5. The van der Waals surface area contributed by atoms with Gasteiger partial charge in [0.25, 0.3) is 5.91 Å². The van der Waals surface area contributed by atoms with Crippen LogP contribution in [0.2, 0.25) is 0 Å². The van der Waals surface area contributed by atoms with E-state index >= 15 is 0 Å². The molecule has 8 nitrogen and oxygen atoms in total. The molecule has 0 aromatic carbocycles. The first-order chi connectivity index (χ1) is 12.3. The molecule has 0 atom stereocenters. The molecule has 3 aromatic rings. The van der Waals surface area contributed by atoms with E-state index in [9.17, 15) is 4.79 Å². The van der Waals surface area contributed by atoms with Crippen LogP contribution in [0.5, 0.6) is 0 Å². The van der Waals surface area contributed by atoms with Crippen LogP contribution in [0.15, 0.2) is 37.1 Å². The van der Waals surface area contributed by atoms with Crippen LogP contribution in [0.25, 0.3) is 5.52 Å². The molecule has 128 valence electrons. The van der Waals surface area contributed by atoms with Crippen LogP contribution < -0.4 is 5.32 Å². The molecule has 0 aliphatic carbocycles. The fraction of sp³-hybridized carbons (Fsp3) is 0.353. The van der Waals surface area contributed by atoms with Crippen molar-refractivity contribution >= 4 is 17.2 Å². The number of carbonyl (C=O) groups is 1. The summed E-state index contributed by atoms with van der Waals surface area (Å²) in [5.41, 5.74) is 2.36. The first-order valence-electron chi connectivity index (χ1n) is 8.33. The van der Waals surface area contributed by atoms with Gasteiger partial charge in [-0.1, -0.05) is 0 Å². The van der Waals surface area contributed by atoms with E-state index in [-0.39, 0.29) is 5.91 Å². The van der Waals surface area contributed by atoms with E-state index in [0.717, 1.165) is 29.9 Å². The molecule has 0 unspecified atom stereocenters. The summed E-state index contributed by atoms with van der Waals surface area (Å²) >= 11 is 0. The van der Waals surface area contributed by atoms with E-state index in [1.807, 2.05) is 28.7 Å². The maximum Gasteiger partial charge on any atom is 0.274 e. The molecule has 0 radical (unpaired) electrons. The van der Waals surface area contributed by atoms with Gasteiger partial charge in [-0.05, 0) is 18.9 Å². The Morgan fingerprint density at radius 1 is 1.24 bits per heavy atom. The minimum atomic E-state index is -0.0575. The second-order valence-corrected chi connectivity index (χ2v) is 6.08. The Morgan fingerprint density at radius 2 is 2.08 bits per heavy atom. The van der Waals surface area contributed by atoms with Gasteiger partial charge in [-0.3, -0.25) is 9.78 Å². The third kappa shape index (κ3) is 2.90. The zero-order valence-electron chi connectivity index (χ0n) is 14.0. The zero-order valence-corrected chi connectivity index (χ0v) is 14.0. The van der Waals surface area contributed by atoms with Gasteiger partial charge >= 0.3 is 0 Å². The van der Waals surface area contributed by atoms with Gasteiger partial charge in [0.15, 0.2) is 5.82 Å². The fourth-order valence-corrected chi connectivity index (χ4v) is 3.28. The third-order valence-corrected chi connectivity index (χ3v) is 4.63. The van der Waals surface area contributed by atoms with Crippen molar-refractivity contribution in [2.45, 2.75) is 18.8 Å². The van der Waals surface area contributed by atoms with Gasteiger partial charge < -0.3 is 10.2 Å². The Labute approximate surface area is 144 Å². The monoisotopic (exact) mass is 337 g/mol. The largest absolute Gasteiger partial charge is 0.371 e. The lowest BCUT2D eigenvalue weighted by Gasteiger charge is -2.31. The number of hydrogen-bond acceptors (Lipinski definition) is 6. The molecule has 3 aromatic heterocycles. The van der Waals surface area contributed by atoms with Crippen molar-refractivity contribution in [3.8, 4) is 0 Å². The van der Waals surface area contributed by atoms with E-state index < -0.39 is 0 Å². The summed E-state index contributed by atoms with van der Waals surface area (Å²) in [5, 5.41) is 7.45. The number of carbonyl (C=O) groups excluding carboxylic acids is 1. The third-order valence-electron chi connectivity index (χ3n) is 4.63. The number of hydrogen-bond donors (Lipinski definition) is 1. The van der Waals surface area contributed by atoms with Crippen molar-refractivity contribution in [1.29, 1.82) is 0 Å². The molecule has 1 saturated heterocycles. The molecule has 1 aliphatic heterocycles. The molecule has 1 N–H and O–H groups in total. The Hall–Kier alpha value is -3.03. The van der Waals surface area contributed by atoms with Crippen molar-refractivity contribution in [2.75, 3.05) is 25.5 Å². The van der Waals surface area contributed by atoms with E-state index in [1.54, 1.807) is 18.6 Å². The number of rotatable bonds is 3. The number of nitrogens with zero attached hydrogens (tertiary/aromatic N) is 6. The molecule has 0 bridgehead atoms. The van der Waals surface area contributed by atoms with Crippen molar-refractivity contribution in [1.82, 2.24) is 29.5 Å². The van der Waals surface area contributed by atoms with Gasteiger partial charge in [-0.15, -0.1) is 0 Å². The van der Waals surface area contributed by atoms with Gasteiger partial charge in [0, 0.05) is 38.4 Å². The molecular formula is C17H19N7O. The number of aromatic nitrogens is 5. The maximum atomic E-state index is 12.5. The second kappa shape index (κ2) is 6.46. The Bertz CT molecular complexity index is 884. The summed E-state index contributed by atoms with van der Waals surface area (Å²) in [6.45, 7) is 1.38. The minimum Gasteiger partial charge on any atom is -0.371 e. The van der Waals surface area contributed by atoms with E-state index in [2.05, 4.69) is 20.4 Å². The molecule has 4 rings (SSSR count). The van der Waals surface area contributed by atoms with Crippen LogP contribution in [0.3, 0.4) is 0 Å². The quantitative estimate of drug-likeness (QED) is 0.781. The van der Waals surface area contributed by atoms with Crippen molar-refractivity contribution in [2.24, 2.45) is 0 Å². The first-order valence-corrected chi connectivity index (χ1v) is 8.33. The van der Waals surface area contributed by atoms with Crippen LogP contribution in [0, 0.1) is 0 Å². The Kier molecular flexibility index (Phi) is 4.01. The molecule has 0 spiro atoms. The molecule has 1 aliphatic rings. The number of fused-ring (bicyclic) bond motifs is 1. The summed E-state index contributed by atoms with van der Waals surface area (Å²) in [7, 11) is 1.86. The zero-order chi connectivity index (χ0) is 17.2. The van der Waals surface area contributed by atoms with Crippen LogP contribution in [-0.4, -0.2) is 55.5 Å². The highest BCUT2D eigenvalue weighted by atomic mass is 16.2. The highest BCUT2D eigenvalue weighted by Crippen LogP contribution is 2.29. The lowest BCUT2D eigenvalue weighted by atomic mass is 9.93. The molecule has 8 heteroatoms. The highest BCUT2D eigenvalue weighted by Gasteiger charge is 2.26. The number of piperidine rings is 1. The second-order valence-electron chi connectivity index (χ2n) is 6.08. The fourth-order valence-electron chi connectivity index (χ4n) is 3.28. The Balaban J connectivity index is 1.49. The predicted molar refractivity (Wildman–Crippen MR) is 92.4 cm³/mol. The van der Waals surface area contributed by atoms with Crippen molar-refractivity contribution < 1.29 is 4.79 Å². The van der Waals surface area contributed by atoms with Crippen molar-refractivity contribution in [3.05, 3.63) is 48.4 Å². The van der Waals surface area contributed by atoms with Gasteiger partial charge in [0.1, 0.15) is 11.2 Å². The van der Waals surface area contributed by atoms with Crippen LogP contribution >= 0.6 is 0 Å². The average Bonchev–Trinajstić information content (AvgIpc) is 3.16. The van der Waals surface area contributed by atoms with Crippen molar-refractivity contribution in [3.63, 3.8) is 0 Å². The lowest BCUT2D eigenvalue weighted by molar-refractivity contribution is 0.0705. The number of nitrogens with one attached hydrogen (secondary N) is 1. The molecule has 4 heterocycles. The van der Waals surface area contributed by atoms with Gasteiger partial charge in [-0.25, -0.2) is 14.5 Å². The number of anilines is 1. The van der Waals surface area contributed by atoms with E-state index in [1.165, 1.54) is 6.20 Å². The van der Waals surface area contributed by atoms with Crippen LogP contribution in [0.4, 0.5) is 5.82 Å². The lowest BCUT2D eigenvalue weighted by Crippen LogP contribution is -2.38. The summed E-state index contributed by atoms with van der Waals surface area (Å²) < 4.78 is 1.85. The number of amides is 1. The minimum absolute atomic E-state index is 0.0575. The summed E-state index contributed by atoms with van der Waals surface area (Å²) in [5.74, 6) is 1.08. The van der Waals surface area contributed by atoms with E-state index in [4.69, 9.17) is 4.98 Å². The van der Waals surface area contributed by atoms with Crippen LogP contribution in [0.1, 0.15) is 34.9 Å². The topological polar surface area (TPSA) is 88.3 Å². The smallest absolute Gasteiger partial charge is 0.274 e. The summed E-state index contributed by atoms with van der Waals surface area (Å²) in [6, 6.07) is 1.94. The first kappa shape index (κ1) is 15.5. The molecule has 0 saturated carbocycles. The standard InChI is InChI=1S/C17H19N7O/c1-18-16-15-2-5-21-24(15)11-14(22-16)12-3-8-23(9-4-12)17(25)13-10-19-6-7-20-13/h2,5-7,10-12H,3-4,8-9H2,1H3,(H,18,22). The average molecular weight is 337 g/mol. The molecule has 1 amide bonds. The number of likely N-dealkylation sites (tertiary alicyclic amines) is 1. The molecule has 1 fully saturated rings. The van der Waals surface area contributed by atoms with Gasteiger partial charge in [0.2, 0.25) is 0 Å². The molecular weight excluding hydrogens is 318 g/mol. The SMILES string of the molecule is CNc1nc(C2CCN(C(=O)c3cnccn3)CC2)cn2nccc12. The van der Waals surface area contributed by atoms with Gasteiger partial charge in [0.05, 0.1) is 24.3 Å².